The van der Waals surface area contributed by atoms with Gasteiger partial charge in [-0.1, -0.05) is 111 Å². The van der Waals surface area contributed by atoms with E-state index < -0.39 is 30.1 Å². The molecule has 0 aliphatic carbocycles. The van der Waals surface area contributed by atoms with E-state index in [0.717, 1.165) is 25.5 Å². The van der Waals surface area contributed by atoms with Crippen molar-refractivity contribution in [2.75, 3.05) is 67.1 Å². The fraction of sp³-hybridized carbons (Fsp3) is 0.312. The van der Waals surface area contributed by atoms with Gasteiger partial charge in [0.1, 0.15) is 17.2 Å². The normalized spacial score (nSPS) is 11.3. The third kappa shape index (κ3) is 25.1. The van der Waals surface area contributed by atoms with E-state index in [2.05, 4.69) is 13.5 Å². The van der Waals surface area contributed by atoms with Gasteiger partial charge in [-0.25, -0.2) is 4.79 Å². The van der Waals surface area contributed by atoms with Gasteiger partial charge in [0, 0.05) is 79.7 Å². The van der Waals surface area contributed by atoms with Crippen molar-refractivity contribution in [3.63, 3.8) is 0 Å². The molecule has 15 nitrogen and oxygen atoms in total. The summed E-state index contributed by atoms with van der Waals surface area (Å²) in [5.41, 5.74) is 3.33. The number of benzene rings is 6. The van der Waals surface area contributed by atoms with Crippen LogP contribution in [-0.4, -0.2) is 115 Å². The van der Waals surface area contributed by atoms with Gasteiger partial charge in [-0.15, -0.1) is 0 Å². The van der Waals surface area contributed by atoms with Gasteiger partial charge < -0.3 is 42.6 Å². The van der Waals surface area contributed by atoms with Crippen LogP contribution in [0.5, 0.6) is 17.2 Å². The maximum atomic E-state index is 12.6. The lowest BCUT2D eigenvalue weighted by Crippen LogP contribution is -2.28. The predicted molar refractivity (Wildman–Crippen MR) is 300 cm³/mol. The van der Waals surface area contributed by atoms with Crippen molar-refractivity contribution in [3.8, 4) is 17.2 Å². The van der Waals surface area contributed by atoms with Gasteiger partial charge in [-0.05, 0) is 98.5 Å². The number of esters is 3. The molecule has 0 amide bonds. The molecule has 0 aliphatic heterocycles. The highest BCUT2D eigenvalue weighted by atomic mass is 16.6. The van der Waals surface area contributed by atoms with Crippen LogP contribution < -0.4 is 14.2 Å². The quantitative estimate of drug-likeness (QED) is 0.0128. The lowest BCUT2D eigenvalue weighted by molar-refractivity contribution is -0.137. The molecule has 0 saturated heterocycles. The summed E-state index contributed by atoms with van der Waals surface area (Å²) in [6.45, 7) is 11.9. The largest absolute Gasteiger partial charge is 0.427 e. The lowest BCUT2D eigenvalue weighted by atomic mass is 10.0. The van der Waals surface area contributed by atoms with Crippen molar-refractivity contribution in [1.29, 1.82) is 0 Å². The number of ether oxygens (including phenoxy) is 9. The number of methoxy groups -OCH3 is 2. The summed E-state index contributed by atoms with van der Waals surface area (Å²) in [5.74, 6) is -0.616. The molecular formula is C64H72O15. The van der Waals surface area contributed by atoms with Crippen LogP contribution in [0, 0.1) is 0 Å². The highest BCUT2D eigenvalue weighted by Crippen LogP contribution is 2.20. The Bertz CT molecular complexity index is 2700. The van der Waals surface area contributed by atoms with E-state index in [1.165, 1.54) is 0 Å². The third-order valence-electron chi connectivity index (χ3n) is 11.3. The van der Waals surface area contributed by atoms with Gasteiger partial charge in [-0.3, -0.25) is 24.0 Å². The molecule has 0 fully saturated rings. The molecule has 6 rings (SSSR count). The zero-order valence-electron chi connectivity index (χ0n) is 45.6. The number of hydrogen-bond acceptors (Lipinski definition) is 15. The number of carbonyl (C=O) groups excluding carboxylic acids is 6. The van der Waals surface area contributed by atoms with Gasteiger partial charge in [0.05, 0.1) is 51.8 Å². The molecule has 2 unspecified atom stereocenters. The maximum Gasteiger partial charge on any atom is 0.335 e. The van der Waals surface area contributed by atoms with E-state index in [1.54, 1.807) is 148 Å². The first-order chi connectivity index (χ1) is 38.5. The second kappa shape index (κ2) is 37.9. The van der Waals surface area contributed by atoms with Crippen molar-refractivity contribution >= 4 is 35.3 Å². The molecule has 0 N–H and O–H groups in total. The minimum Gasteiger partial charge on any atom is -0.427 e. The summed E-state index contributed by atoms with van der Waals surface area (Å²) in [4.78, 5) is 73.6. The van der Waals surface area contributed by atoms with Crippen LogP contribution in [0.15, 0.2) is 176 Å². The van der Waals surface area contributed by atoms with Crippen LogP contribution in [0.4, 0.5) is 0 Å². The number of carbonyl (C=O) groups is 6. The summed E-state index contributed by atoms with van der Waals surface area (Å²) < 4.78 is 48.4. The Hall–Kier alpha value is -7.76. The van der Waals surface area contributed by atoms with E-state index in [9.17, 15) is 28.8 Å². The summed E-state index contributed by atoms with van der Waals surface area (Å²) in [7, 11) is 3.21. The Labute approximate surface area is 463 Å². The summed E-state index contributed by atoms with van der Waals surface area (Å²) >= 11 is 0. The summed E-state index contributed by atoms with van der Waals surface area (Å²) in [5, 5.41) is 0. The van der Waals surface area contributed by atoms with E-state index >= 15 is 0 Å². The van der Waals surface area contributed by atoms with Gasteiger partial charge in [0.15, 0.2) is 17.3 Å². The minimum atomic E-state index is -0.526. The predicted octanol–water partition coefficient (Wildman–Crippen LogP) is 11.1. The molecule has 0 aliphatic rings. The third-order valence-corrected chi connectivity index (χ3v) is 11.3. The molecule has 6 aromatic rings. The second-order valence-electron chi connectivity index (χ2n) is 17.4. The van der Waals surface area contributed by atoms with Crippen LogP contribution in [0.3, 0.4) is 0 Å². The molecule has 2 atom stereocenters. The molecule has 6 aromatic carbocycles. The highest BCUT2D eigenvalue weighted by Gasteiger charge is 2.19. The fourth-order valence-electron chi connectivity index (χ4n) is 7.07. The van der Waals surface area contributed by atoms with Gasteiger partial charge in [0.2, 0.25) is 0 Å². The molecule has 0 saturated carbocycles. The van der Waals surface area contributed by atoms with Crippen molar-refractivity contribution in [2.24, 2.45) is 0 Å². The van der Waals surface area contributed by atoms with Crippen molar-refractivity contribution in [1.82, 2.24) is 0 Å². The molecule has 79 heavy (non-hydrogen) atoms. The average molecular weight is 1080 g/mol. The maximum absolute atomic E-state index is 12.6. The SMILES string of the molecule is C=CC(=O)Oc1ccc(C(=O)c2ccccc2)cc1.CCCOCC(CCC(=O)Oc1ccc(C(=O)c2ccccc2)cc1)OCC(CCC(=O)Oc1ccc(C(=O)c2ccccc2)cc1)OC.CCCOCCOCCOC. The fourth-order valence-corrected chi connectivity index (χ4v) is 7.07. The zero-order valence-corrected chi connectivity index (χ0v) is 45.6. The van der Waals surface area contributed by atoms with E-state index in [4.69, 9.17) is 42.6 Å². The van der Waals surface area contributed by atoms with E-state index in [-0.39, 0.29) is 36.8 Å². The van der Waals surface area contributed by atoms with Crippen molar-refractivity contribution < 1.29 is 71.4 Å². The Kier molecular flexibility index (Phi) is 30.6. The molecule has 0 heterocycles. The van der Waals surface area contributed by atoms with Crippen LogP contribution in [0.1, 0.15) is 100 Å². The first-order valence-corrected chi connectivity index (χ1v) is 26.2. The summed E-state index contributed by atoms with van der Waals surface area (Å²) in [6.07, 6.45) is 3.09. The monoisotopic (exact) mass is 1080 g/mol. The van der Waals surface area contributed by atoms with Gasteiger partial charge in [-0.2, -0.15) is 0 Å². The topological polar surface area (TPSA) is 185 Å². The molecule has 0 aromatic heterocycles. The highest BCUT2D eigenvalue weighted by molar-refractivity contribution is 6.10. The lowest BCUT2D eigenvalue weighted by Gasteiger charge is -2.21. The Morgan fingerprint density at radius 1 is 0.418 bits per heavy atom. The van der Waals surface area contributed by atoms with Crippen LogP contribution in [0.25, 0.3) is 0 Å². The molecule has 418 valence electrons. The van der Waals surface area contributed by atoms with Crippen LogP contribution >= 0.6 is 0 Å². The Morgan fingerprint density at radius 3 is 1.15 bits per heavy atom. The van der Waals surface area contributed by atoms with Crippen LogP contribution in [0.2, 0.25) is 0 Å². The second-order valence-corrected chi connectivity index (χ2v) is 17.4. The van der Waals surface area contributed by atoms with Gasteiger partial charge in [0.25, 0.3) is 0 Å². The minimum absolute atomic E-state index is 0.0674. The van der Waals surface area contributed by atoms with Crippen LogP contribution in [-0.2, 0) is 42.8 Å². The van der Waals surface area contributed by atoms with Crippen molar-refractivity contribution in [3.05, 3.63) is 210 Å². The smallest absolute Gasteiger partial charge is 0.335 e. The van der Waals surface area contributed by atoms with E-state index in [1.807, 2.05) is 37.3 Å². The molecule has 0 spiro atoms. The number of ketones is 3. The van der Waals surface area contributed by atoms with Gasteiger partial charge >= 0.3 is 17.9 Å². The standard InChI is InChI=1S/C40H42O9.C16H12O3.C8H18O3/c1-3-26-46-27-36(23-25-38(42)49-34-20-16-32(17-21-34)40(44)30-12-8-5-9-13-30)47-28-35(45-2)22-24-37(41)48-33-18-14-31(15-19-33)39(43)29-10-6-4-7-11-29;1-2-15(17)19-14-10-8-13(9-11-14)16(18)12-6-4-3-5-7-12;1-3-4-10-7-8-11-6-5-9-2/h4-21,35-36H,3,22-28H2,1-2H3;2-11H,1H2;3-8H2,1-2H3. The molecule has 15 heteroatoms. The first-order valence-electron chi connectivity index (χ1n) is 26.2. The average Bonchev–Trinajstić information content (AvgIpc) is 3.50. The Morgan fingerprint density at radius 2 is 0.772 bits per heavy atom. The molecule has 0 bridgehead atoms. The first kappa shape index (κ1) is 63.8. The number of rotatable bonds is 32. The Balaban J connectivity index is 0.000000363. The molecule has 0 radical (unpaired) electrons. The molecular weight excluding hydrogens is 1010 g/mol. The van der Waals surface area contributed by atoms with E-state index in [0.29, 0.717) is 103 Å². The summed E-state index contributed by atoms with van der Waals surface area (Å²) in [6, 6.07) is 46.3. The zero-order chi connectivity index (χ0) is 56.9. The number of hydrogen-bond donors (Lipinski definition) is 0. The van der Waals surface area contributed by atoms with Crippen molar-refractivity contribution in [2.45, 2.75) is 64.6 Å².